The van der Waals surface area contributed by atoms with Gasteiger partial charge in [-0.25, -0.2) is 0 Å². The van der Waals surface area contributed by atoms with Gasteiger partial charge in [-0.1, -0.05) is 66.7 Å². The molecule has 0 bridgehead atoms. The van der Waals surface area contributed by atoms with Crippen LogP contribution in [0.5, 0.6) is 0 Å². The molecule has 0 fully saturated rings. The summed E-state index contributed by atoms with van der Waals surface area (Å²) in [6.45, 7) is 0. The van der Waals surface area contributed by atoms with E-state index in [9.17, 15) is 10.1 Å². The third kappa shape index (κ3) is 3.26. The Balaban J connectivity index is 1.87. The van der Waals surface area contributed by atoms with Crippen LogP contribution < -0.4 is 5.32 Å². The van der Waals surface area contributed by atoms with E-state index in [4.69, 9.17) is 4.42 Å². The van der Waals surface area contributed by atoms with E-state index in [-0.39, 0.29) is 11.8 Å². The Labute approximate surface area is 160 Å². The van der Waals surface area contributed by atoms with Gasteiger partial charge in [0.25, 0.3) is 5.91 Å². The van der Waals surface area contributed by atoms with Gasteiger partial charge < -0.3 is 4.42 Å². The predicted molar refractivity (Wildman–Crippen MR) is 107 cm³/mol. The van der Waals surface area contributed by atoms with Gasteiger partial charge in [-0.05, 0) is 17.0 Å². The fourth-order valence-electron chi connectivity index (χ4n) is 2.87. The zero-order chi connectivity index (χ0) is 18.6. The van der Waals surface area contributed by atoms with E-state index in [1.165, 1.54) is 11.3 Å². The van der Waals surface area contributed by atoms with E-state index in [0.717, 1.165) is 11.1 Å². The van der Waals surface area contributed by atoms with Gasteiger partial charge in [-0.2, -0.15) is 5.26 Å². The maximum Gasteiger partial charge on any atom is 0.268 e. The summed E-state index contributed by atoms with van der Waals surface area (Å²) in [5.74, 6) is 0.419. The van der Waals surface area contributed by atoms with Gasteiger partial charge in [-0.15, -0.1) is 11.3 Å². The molecule has 0 aliphatic rings. The molecule has 0 unspecified atom stereocenters. The molecule has 2 aromatic carbocycles. The Morgan fingerprint density at radius 1 is 0.926 bits per heavy atom. The van der Waals surface area contributed by atoms with E-state index >= 15 is 0 Å². The Morgan fingerprint density at radius 3 is 2.19 bits per heavy atom. The minimum Gasteiger partial charge on any atom is -0.438 e. The molecule has 0 spiro atoms. The standard InChI is InChI=1S/C22H14N2O2S/c23-14-17-19(15-8-3-1-4-9-15)20(16-10-5-2-6-11-16)26-22(17)24-21(25)18-12-7-13-27-18/h1-13H,(H,24,25). The molecule has 0 aliphatic carbocycles. The van der Waals surface area contributed by atoms with Gasteiger partial charge in [0.1, 0.15) is 17.4 Å². The van der Waals surface area contributed by atoms with Crippen LogP contribution in [0.1, 0.15) is 15.2 Å². The van der Waals surface area contributed by atoms with Crippen molar-refractivity contribution in [2.45, 2.75) is 0 Å². The monoisotopic (exact) mass is 370 g/mol. The lowest BCUT2D eigenvalue weighted by molar-refractivity contribution is 0.102. The number of hydrogen-bond acceptors (Lipinski definition) is 4. The predicted octanol–water partition coefficient (Wildman–Crippen LogP) is 5.80. The molecule has 0 saturated carbocycles. The molecule has 2 heterocycles. The number of carbonyl (C=O) groups is 1. The summed E-state index contributed by atoms with van der Waals surface area (Å²) in [6, 6.07) is 24.8. The van der Waals surface area contributed by atoms with Crippen LogP contribution in [0.15, 0.2) is 82.6 Å². The molecule has 1 amide bonds. The average Bonchev–Trinajstić information content (AvgIpc) is 3.37. The molecule has 0 aliphatic heterocycles. The highest BCUT2D eigenvalue weighted by molar-refractivity contribution is 7.12. The summed E-state index contributed by atoms with van der Waals surface area (Å²) in [6.07, 6.45) is 0. The SMILES string of the molecule is N#Cc1c(NC(=O)c2cccs2)oc(-c2ccccc2)c1-c1ccccc1. The summed E-state index contributed by atoms with van der Waals surface area (Å²) in [7, 11) is 0. The van der Waals surface area contributed by atoms with E-state index in [0.29, 0.717) is 21.8 Å². The second kappa shape index (κ2) is 7.32. The summed E-state index contributed by atoms with van der Waals surface area (Å²) in [5.41, 5.74) is 2.67. The lowest BCUT2D eigenvalue weighted by Gasteiger charge is -2.03. The highest BCUT2D eigenvalue weighted by Gasteiger charge is 2.24. The van der Waals surface area contributed by atoms with Crippen LogP contribution in [0.2, 0.25) is 0 Å². The molecule has 4 nitrogen and oxygen atoms in total. The maximum atomic E-state index is 12.5. The largest absolute Gasteiger partial charge is 0.438 e. The normalized spacial score (nSPS) is 10.3. The highest BCUT2D eigenvalue weighted by Crippen LogP contribution is 2.41. The molecule has 130 valence electrons. The number of nitrogens with one attached hydrogen (secondary N) is 1. The number of thiophene rings is 1. The molecule has 1 N–H and O–H groups in total. The summed E-state index contributed by atoms with van der Waals surface area (Å²) in [4.78, 5) is 13.0. The van der Waals surface area contributed by atoms with Crippen molar-refractivity contribution in [1.29, 1.82) is 5.26 Å². The maximum absolute atomic E-state index is 12.5. The number of nitrogens with zero attached hydrogens (tertiary/aromatic N) is 1. The van der Waals surface area contributed by atoms with Crippen molar-refractivity contribution in [3.8, 4) is 28.5 Å². The van der Waals surface area contributed by atoms with Crippen molar-refractivity contribution >= 4 is 23.1 Å². The topological polar surface area (TPSA) is 66.0 Å². The number of anilines is 1. The molecular formula is C22H14N2O2S. The van der Waals surface area contributed by atoms with E-state index in [2.05, 4.69) is 11.4 Å². The minimum atomic E-state index is -0.297. The second-order valence-corrected chi connectivity index (χ2v) is 6.73. The van der Waals surface area contributed by atoms with Crippen LogP contribution in [0.25, 0.3) is 22.5 Å². The first-order valence-electron chi connectivity index (χ1n) is 8.30. The number of nitriles is 1. The van der Waals surface area contributed by atoms with Gasteiger partial charge in [-0.3, -0.25) is 10.1 Å². The fraction of sp³-hybridized carbons (Fsp3) is 0. The molecule has 2 aromatic heterocycles. The number of amides is 1. The lowest BCUT2D eigenvalue weighted by Crippen LogP contribution is -2.10. The number of hydrogen-bond donors (Lipinski definition) is 1. The number of benzene rings is 2. The van der Waals surface area contributed by atoms with Gasteiger partial charge >= 0.3 is 0 Å². The zero-order valence-corrected chi connectivity index (χ0v) is 15.0. The summed E-state index contributed by atoms with van der Waals surface area (Å²) in [5, 5.41) is 14.4. The van der Waals surface area contributed by atoms with E-state index in [1.807, 2.05) is 66.0 Å². The number of carbonyl (C=O) groups excluding carboxylic acids is 1. The average molecular weight is 370 g/mol. The van der Waals surface area contributed by atoms with Crippen LogP contribution in [-0.4, -0.2) is 5.91 Å². The first-order valence-corrected chi connectivity index (χ1v) is 9.18. The molecule has 0 atom stereocenters. The van der Waals surface area contributed by atoms with Crippen molar-refractivity contribution in [2.24, 2.45) is 0 Å². The third-order valence-electron chi connectivity index (χ3n) is 4.09. The minimum absolute atomic E-state index is 0.161. The van der Waals surface area contributed by atoms with Crippen LogP contribution in [0.3, 0.4) is 0 Å². The molecule has 4 rings (SSSR count). The molecule has 4 aromatic rings. The summed E-state index contributed by atoms with van der Waals surface area (Å²) >= 11 is 1.33. The van der Waals surface area contributed by atoms with Crippen LogP contribution in [0, 0.1) is 11.3 Å². The molecule has 0 saturated heterocycles. The van der Waals surface area contributed by atoms with Gasteiger partial charge in [0.2, 0.25) is 5.88 Å². The number of furan rings is 1. The first kappa shape index (κ1) is 16.8. The summed E-state index contributed by atoms with van der Waals surface area (Å²) < 4.78 is 6.00. The van der Waals surface area contributed by atoms with Gasteiger partial charge in [0.05, 0.1) is 4.88 Å². The molecular weight excluding hydrogens is 356 g/mol. The van der Waals surface area contributed by atoms with Crippen LogP contribution in [0.4, 0.5) is 5.88 Å². The second-order valence-electron chi connectivity index (χ2n) is 5.79. The third-order valence-corrected chi connectivity index (χ3v) is 4.96. The van der Waals surface area contributed by atoms with E-state index in [1.54, 1.807) is 12.1 Å². The molecule has 5 heteroatoms. The number of rotatable bonds is 4. The Bertz CT molecular complexity index is 1110. The van der Waals surface area contributed by atoms with E-state index < -0.39 is 0 Å². The smallest absolute Gasteiger partial charge is 0.268 e. The Morgan fingerprint density at radius 2 is 1.59 bits per heavy atom. The molecule has 0 radical (unpaired) electrons. The Kier molecular flexibility index (Phi) is 4.56. The Hall–Kier alpha value is -3.62. The molecule has 27 heavy (non-hydrogen) atoms. The van der Waals surface area contributed by atoms with Gasteiger partial charge in [0, 0.05) is 11.1 Å². The van der Waals surface area contributed by atoms with Crippen molar-refractivity contribution in [3.63, 3.8) is 0 Å². The van der Waals surface area contributed by atoms with Crippen molar-refractivity contribution < 1.29 is 9.21 Å². The van der Waals surface area contributed by atoms with Crippen molar-refractivity contribution in [3.05, 3.63) is 88.6 Å². The van der Waals surface area contributed by atoms with Gasteiger partial charge in [0.15, 0.2) is 0 Å². The zero-order valence-electron chi connectivity index (χ0n) is 14.2. The van der Waals surface area contributed by atoms with Crippen molar-refractivity contribution in [1.82, 2.24) is 0 Å². The quantitative estimate of drug-likeness (QED) is 0.494. The van der Waals surface area contributed by atoms with Crippen LogP contribution in [-0.2, 0) is 0 Å². The fourth-order valence-corrected chi connectivity index (χ4v) is 3.49. The van der Waals surface area contributed by atoms with Crippen molar-refractivity contribution in [2.75, 3.05) is 5.32 Å². The highest BCUT2D eigenvalue weighted by atomic mass is 32.1. The first-order chi connectivity index (χ1) is 13.3. The lowest BCUT2D eigenvalue weighted by atomic mass is 9.98. The van der Waals surface area contributed by atoms with Crippen LogP contribution >= 0.6 is 11.3 Å².